The number of hydrogen-bond acceptors (Lipinski definition) is 5. The van der Waals surface area contributed by atoms with Gasteiger partial charge in [-0.25, -0.2) is 9.59 Å². The van der Waals surface area contributed by atoms with Crippen molar-refractivity contribution in [2.45, 2.75) is 56.6 Å². The largest absolute Gasteiger partial charge is 0.573 e. The van der Waals surface area contributed by atoms with Crippen molar-refractivity contribution < 1.29 is 42.1 Å². The molecule has 196 valence electrons. The maximum absolute atomic E-state index is 13.7. The van der Waals surface area contributed by atoms with Crippen molar-refractivity contribution in [2.75, 3.05) is 11.5 Å². The van der Waals surface area contributed by atoms with E-state index < -0.39 is 30.8 Å². The lowest BCUT2D eigenvalue weighted by atomic mass is 9.81. The van der Waals surface area contributed by atoms with E-state index in [9.17, 15) is 27.6 Å². The van der Waals surface area contributed by atoms with Gasteiger partial charge < -0.3 is 19.5 Å². The zero-order valence-electron chi connectivity index (χ0n) is 19.7. The first-order chi connectivity index (χ1) is 17.6. The molecular formula is C26H25F3N2O6. The molecule has 2 aliphatic carbocycles. The fourth-order valence-electron chi connectivity index (χ4n) is 5.62. The Bertz CT molecular complexity index is 1200. The molecule has 2 saturated carbocycles. The number of carboxylic acids is 1. The van der Waals surface area contributed by atoms with Gasteiger partial charge in [-0.05, 0) is 61.6 Å². The normalized spacial score (nSPS) is 22.6. The lowest BCUT2D eigenvalue weighted by molar-refractivity contribution is -0.274. The number of carbonyl (C=O) groups is 3. The summed E-state index contributed by atoms with van der Waals surface area (Å²) < 4.78 is 46.7. The second kappa shape index (κ2) is 9.60. The second-order valence-corrected chi connectivity index (χ2v) is 9.50. The van der Waals surface area contributed by atoms with Gasteiger partial charge in [0.25, 0.3) is 5.91 Å². The predicted octanol–water partition coefficient (Wildman–Crippen LogP) is 5.14. The SMILES string of the molecule is O=C(O)COC(=O)N(C1CC1)[C@H]1c2ccccc2N(C(=O)c2ccc(OC(F)(F)F)cc2)[C@H]2CCC[C@H]21. The number of aliphatic carboxylic acids is 1. The van der Waals surface area contributed by atoms with Crippen LogP contribution in [0, 0.1) is 5.92 Å². The average molecular weight is 518 g/mol. The van der Waals surface area contributed by atoms with Crippen LogP contribution >= 0.6 is 0 Å². The maximum Gasteiger partial charge on any atom is 0.573 e. The number of ether oxygens (including phenoxy) is 2. The molecule has 0 unspecified atom stereocenters. The molecule has 37 heavy (non-hydrogen) atoms. The highest BCUT2D eigenvalue weighted by Crippen LogP contribution is 2.52. The fraction of sp³-hybridized carbons (Fsp3) is 0.423. The number of para-hydroxylation sites is 1. The molecule has 2 aromatic carbocycles. The van der Waals surface area contributed by atoms with Gasteiger partial charge in [0.15, 0.2) is 6.61 Å². The molecule has 2 aromatic rings. The summed E-state index contributed by atoms with van der Waals surface area (Å²) in [6, 6.07) is 11.4. The summed E-state index contributed by atoms with van der Waals surface area (Å²) in [7, 11) is 0. The van der Waals surface area contributed by atoms with Crippen LogP contribution in [-0.4, -0.2) is 53.0 Å². The van der Waals surface area contributed by atoms with Crippen LogP contribution in [0.5, 0.6) is 5.75 Å². The Labute approximate surface area is 210 Å². The van der Waals surface area contributed by atoms with Crippen LogP contribution in [0.4, 0.5) is 23.7 Å². The lowest BCUT2D eigenvalue weighted by Crippen LogP contribution is -2.53. The Morgan fingerprint density at radius 1 is 1.00 bits per heavy atom. The molecule has 0 radical (unpaired) electrons. The van der Waals surface area contributed by atoms with Crippen LogP contribution in [-0.2, 0) is 9.53 Å². The van der Waals surface area contributed by atoms with E-state index in [-0.39, 0.29) is 35.5 Å². The van der Waals surface area contributed by atoms with Gasteiger partial charge in [0.2, 0.25) is 0 Å². The van der Waals surface area contributed by atoms with Crippen molar-refractivity contribution in [1.29, 1.82) is 0 Å². The molecule has 0 bridgehead atoms. The third kappa shape index (κ3) is 5.07. The zero-order valence-corrected chi connectivity index (χ0v) is 19.7. The topological polar surface area (TPSA) is 96.4 Å². The summed E-state index contributed by atoms with van der Waals surface area (Å²) in [5.74, 6) is -2.12. The number of rotatable bonds is 6. The molecule has 1 heterocycles. The van der Waals surface area contributed by atoms with Gasteiger partial charge in [-0.3, -0.25) is 9.69 Å². The van der Waals surface area contributed by atoms with Gasteiger partial charge in [-0.2, -0.15) is 0 Å². The van der Waals surface area contributed by atoms with E-state index >= 15 is 0 Å². The van der Waals surface area contributed by atoms with Crippen LogP contribution in [0.2, 0.25) is 0 Å². The molecule has 1 N–H and O–H groups in total. The van der Waals surface area contributed by atoms with Crippen LogP contribution < -0.4 is 9.64 Å². The summed E-state index contributed by atoms with van der Waals surface area (Å²) >= 11 is 0. The highest BCUT2D eigenvalue weighted by molar-refractivity contribution is 6.07. The van der Waals surface area contributed by atoms with E-state index in [0.717, 1.165) is 43.4 Å². The number of carbonyl (C=O) groups excluding carboxylic acids is 2. The minimum Gasteiger partial charge on any atom is -0.479 e. The summed E-state index contributed by atoms with van der Waals surface area (Å²) in [5.41, 5.74) is 1.59. The molecule has 1 aliphatic heterocycles. The maximum atomic E-state index is 13.7. The van der Waals surface area contributed by atoms with Crippen molar-refractivity contribution in [3.63, 3.8) is 0 Å². The number of carboxylic acid groups (broad SMARTS) is 1. The van der Waals surface area contributed by atoms with E-state index in [1.807, 2.05) is 12.1 Å². The van der Waals surface area contributed by atoms with Crippen LogP contribution in [0.15, 0.2) is 48.5 Å². The lowest BCUT2D eigenvalue weighted by Gasteiger charge is -2.47. The fourth-order valence-corrected chi connectivity index (χ4v) is 5.62. The molecule has 0 aromatic heterocycles. The first-order valence-corrected chi connectivity index (χ1v) is 12.1. The first kappa shape index (κ1) is 24.9. The number of nitrogens with zero attached hydrogens (tertiary/aromatic N) is 2. The quantitative estimate of drug-likeness (QED) is 0.569. The van der Waals surface area contributed by atoms with Crippen LogP contribution in [0.1, 0.15) is 54.1 Å². The third-order valence-corrected chi connectivity index (χ3v) is 7.11. The molecule has 0 saturated heterocycles. The standard InChI is InChI=1S/C26H25F3N2O6/c27-26(28,29)37-17-12-8-15(9-13-17)24(34)31-20-6-2-1-4-18(20)23(19-5-3-7-21(19)31)30(16-10-11-16)25(35)36-14-22(32)33/h1-2,4,6,8-9,12-13,16,19,21,23H,3,5,7,10-11,14H2,(H,32,33)/t19-,21+,23+/m1/s1. The van der Waals surface area contributed by atoms with Crippen molar-refractivity contribution in [3.8, 4) is 5.75 Å². The Morgan fingerprint density at radius 3 is 2.35 bits per heavy atom. The molecule has 5 rings (SSSR count). The second-order valence-electron chi connectivity index (χ2n) is 9.50. The van der Waals surface area contributed by atoms with Crippen LogP contribution in [0.25, 0.3) is 0 Å². The summed E-state index contributed by atoms with van der Waals surface area (Å²) in [6.45, 7) is -0.733. The van der Waals surface area contributed by atoms with E-state index in [0.29, 0.717) is 12.1 Å². The molecule has 11 heteroatoms. The molecule has 3 aliphatic rings. The predicted molar refractivity (Wildman–Crippen MR) is 124 cm³/mol. The van der Waals surface area contributed by atoms with Gasteiger partial charge in [0, 0.05) is 29.3 Å². The van der Waals surface area contributed by atoms with Crippen molar-refractivity contribution in [1.82, 2.24) is 4.90 Å². The van der Waals surface area contributed by atoms with E-state index in [4.69, 9.17) is 9.84 Å². The zero-order chi connectivity index (χ0) is 26.3. The van der Waals surface area contributed by atoms with Gasteiger partial charge in [0.1, 0.15) is 5.75 Å². The summed E-state index contributed by atoms with van der Waals surface area (Å²) in [6.07, 6.45) is -1.68. The number of amides is 2. The highest BCUT2D eigenvalue weighted by Gasteiger charge is 2.52. The monoisotopic (exact) mass is 518 g/mol. The number of hydrogen-bond donors (Lipinski definition) is 1. The van der Waals surface area contributed by atoms with Crippen molar-refractivity contribution >= 4 is 23.7 Å². The molecule has 2 fully saturated rings. The number of fused-ring (bicyclic) bond motifs is 2. The summed E-state index contributed by atoms with van der Waals surface area (Å²) in [5, 5.41) is 8.99. The number of anilines is 1. The number of benzene rings is 2. The molecule has 0 spiro atoms. The highest BCUT2D eigenvalue weighted by atomic mass is 19.4. The number of alkyl halides is 3. The third-order valence-electron chi connectivity index (χ3n) is 7.11. The number of halogens is 3. The minimum absolute atomic E-state index is 0.0657. The van der Waals surface area contributed by atoms with Crippen molar-refractivity contribution in [3.05, 3.63) is 59.7 Å². The van der Waals surface area contributed by atoms with E-state index in [2.05, 4.69) is 4.74 Å². The van der Waals surface area contributed by atoms with Crippen LogP contribution in [0.3, 0.4) is 0 Å². The van der Waals surface area contributed by atoms with Gasteiger partial charge >= 0.3 is 18.4 Å². The Kier molecular flexibility index (Phi) is 6.47. The van der Waals surface area contributed by atoms with E-state index in [1.54, 1.807) is 21.9 Å². The average Bonchev–Trinajstić information content (AvgIpc) is 3.57. The van der Waals surface area contributed by atoms with Gasteiger partial charge in [-0.1, -0.05) is 24.6 Å². The van der Waals surface area contributed by atoms with Gasteiger partial charge in [-0.15, -0.1) is 13.2 Å². The Morgan fingerprint density at radius 2 is 1.70 bits per heavy atom. The molecule has 8 nitrogen and oxygen atoms in total. The Hall–Kier alpha value is -3.76. The molecule has 3 atom stereocenters. The molecule has 2 amide bonds. The van der Waals surface area contributed by atoms with Gasteiger partial charge in [0.05, 0.1) is 6.04 Å². The van der Waals surface area contributed by atoms with E-state index in [1.165, 1.54) is 12.1 Å². The van der Waals surface area contributed by atoms with Crippen molar-refractivity contribution in [2.24, 2.45) is 5.92 Å². The summed E-state index contributed by atoms with van der Waals surface area (Å²) in [4.78, 5) is 41.1. The Balaban J connectivity index is 1.49. The first-order valence-electron chi connectivity index (χ1n) is 12.1. The molecular weight excluding hydrogens is 493 g/mol. The smallest absolute Gasteiger partial charge is 0.479 e. The minimum atomic E-state index is -4.83.